The Morgan fingerprint density at radius 2 is 1.92 bits per heavy atom. The van der Waals surface area contributed by atoms with Crippen LogP contribution < -0.4 is 10.2 Å². The van der Waals surface area contributed by atoms with Crippen LogP contribution in [0.5, 0.6) is 0 Å². The molecule has 2 heterocycles. The van der Waals surface area contributed by atoms with E-state index in [1.807, 2.05) is 49.4 Å². The summed E-state index contributed by atoms with van der Waals surface area (Å²) in [4.78, 5) is 35.1. The lowest BCUT2D eigenvalue weighted by molar-refractivity contribution is -0.121. The minimum atomic E-state index is -0.396. The maximum Gasteiger partial charge on any atom is 0.244 e. The van der Waals surface area contributed by atoms with Gasteiger partial charge in [0.25, 0.3) is 0 Å². The van der Waals surface area contributed by atoms with Gasteiger partial charge in [0.05, 0.1) is 22.1 Å². The van der Waals surface area contributed by atoms with E-state index in [1.165, 1.54) is 23.0 Å². The fraction of sp³-hybridized carbons (Fsp3) is 0.158. The van der Waals surface area contributed by atoms with Gasteiger partial charge in [-0.05, 0) is 25.1 Å². The molecule has 7 heteroatoms. The summed E-state index contributed by atoms with van der Waals surface area (Å²) in [5.41, 5.74) is 2.21. The molecule has 1 aliphatic heterocycles. The Kier molecular flexibility index (Phi) is 4.30. The molecule has 1 aromatic heterocycles. The lowest BCUT2D eigenvalue weighted by atomic mass is 10.2. The van der Waals surface area contributed by atoms with Crippen LogP contribution >= 0.6 is 11.8 Å². The summed E-state index contributed by atoms with van der Waals surface area (Å²) in [6.45, 7) is 1.85. The summed E-state index contributed by atoms with van der Waals surface area (Å²) in [6, 6.07) is 15.0. The van der Waals surface area contributed by atoms with Crippen LogP contribution in [-0.2, 0) is 9.59 Å². The van der Waals surface area contributed by atoms with Crippen LogP contribution in [0.4, 0.5) is 11.4 Å². The Hall–Kier alpha value is -2.93. The first-order valence-corrected chi connectivity index (χ1v) is 9.08. The van der Waals surface area contributed by atoms with Gasteiger partial charge >= 0.3 is 0 Å². The van der Waals surface area contributed by atoms with Gasteiger partial charge in [0.1, 0.15) is 17.9 Å². The molecule has 0 bridgehead atoms. The predicted octanol–water partition coefficient (Wildman–Crippen LogP) is 3.10. The number of nitrogens with one attached hydrogen (secondary N) is 1. The van der Waals surface area contributed by atoms with E-state index in [4.69, 9.17) is 0 Å². The van der Waals surface area contributed by atoms with Gasteiger partial charge < -0.3 is 5.32 Å². The predicted molar refractivity (Wildman–Crippen MR) is 102 cm³/mol. The van der Waals surface area contributed by atoms with Gasteiger partial charge in [-0.15, -0.1) is 0 Å². The van der Waals surface area contributed by atoms with Crippen molar-refractivity contribution in [1.82, 2.24) is 9.97 Å². The normalized spacial score (nSPS) is 14.7. The molecule has 0 unspecified atom stereocenters. The molecule has 2 aromatic carbocycles. The van der Waals surface area contributed by atoms with Crippen molar-refractivity contribution in [3.63, 3.8) is 0 Å². The third-order valence-electron chi connectivity index (χ3n) is 4.18. The van der Waals surface area contributed by atoms with Crippen molar-refractivity contribution in [3.8, 4) is 0 Å². The Balaban J connectivity index is 1.61. The highest BCUT2D eigenvalue weighted by Crippen LogP contribution is 2.33. The van der Waals surface area contributed by atoms with Crippen molar-refractivity contribution < 1.29 is 9.59 Å². The molecule has 0 saturated heterocycles. The molecular formula is C19H16N4O2S. The van der Waals surface area contributed by atoms with Crippen LogP contribution in [0.25, 0.3) is 10.9 Å². The number of rotatable bonds is 3. The van der Waals surface area contributed by atoms with Gasteiger partial charge in [0.15, 0.2) is 0 Å². The first kappa shape index (κ1) is 16.5. The van der Waals surface area contributed by atoms with Crippen LogP contribution in [0.3, 0.4) is 0 Å². The number of hydrogen-bond donors (Lipinski definition) is 1. The summed E-state index contributed by atoms with van der Waals surface area (Å²) in [5.74, 6) is -0.318. The number of benzene rings is 2. The van der Waals surface area contributed by atoms with E-state index in [-0.39, 0.29) is 18.4 Å². The van der Waals surface area contributed by atoms with Gasteiger partial charge in [-0.25, -0.2) is 9.97 Å². The van der Waals surface area contributed by atoms with Gasteiger partial charge in [0, 0.05) is 5.39 Å². The SMILES string of the molecule is C[C@@H](Sc1ncnc2ccccc12)C(=O)N1CC(=O)Nc2ccccc21. The first-order valence-electron chi connectivity index (χ1n) is 8.20. The van der Waals surface area contributed by atoms with Crippen LogP contribution in [-0.4, -0.2) is 33.6 Å². The molecule has 0 fully saturated rings. The van der Waals surface area contributed by atoms with E-state index in [0.29, 0.717) is 5.69 Å². The second-order valence-corrected chi connectivity index (χ2v) is 7.28. The molecule has 0 aliphatic carbocycles. The van der Waals surface area contributed by atoms with E-state index in [1.54, 1.807) is 6.07 Å². The number of nitrogens with zero attached hydrogens (tertiary/aromatic N) is 3. The highest BCUT2D eigenvalue weighted by Gasteiger charge is 2.30. The van der Waals surface area contributed by atoms with Crippen molar-refractivity contribution in [1.29, 1.82) is 0 Å². The third kappa shape index (κ3) is 3.01. The summed E-state index contributed by atoms with van der Waals surface area (Å²) in [5, 5.41) is 4.07. The number of aromatic nitrogens is 2. The Labute approximate surface area is 154 Å². The van der Waals surface area contributed by atoms with E-state index in [0.717, 1.165) is 21.6 Å². The Morgan fingerprint density at radius 3 is 2.81 bits per heavy atom. The largest absolute Gasteiger partial charge is 0.323 e. The van der Waals surface area contributed by atoms with Crippen LogP contribution in [0, 0.1) is 0 Å². The number of carbonyl (C=O) groups excluding carboxylic acids is 2. The zero-order chi connectivity index (χ0) is 18.1. The number of anilines is 2. The number of amides is 2. The molecule has 0 saturated carbocycles. The van der Waals surface area contributed by atoms with Crippen molar-refractivity contribution >= 4 is 45.9 Å². The van der Waals surface area contributed by atoms with Gasteiger partial charge in [0.2, 0.25) is 11.8 Å². The number of fused-ring (bicyclic) bond motifs is 2. The summed E-state index contributed by atoms with van der Waals surface area (Å²) in [7, 11) is 0. The number of hydrogen-bond acceptors (Lipinski definition) is 5. The minimum absolute atomic E-state index is 0.0191. The third-order valence-corrected chi connectivity index (χ3v) is 5.28. The molecule has 0 radical (unpaired) electrons. The molecule has 0 spiro atoms. The topological polar surface area (TPSA) is 75.2 Å². The molecule has 1 atom stereocenters. The van der Waals surface area contributed by atoms with Gasteiger partial charge in [-0.1, -0.05) is 42.1 Å². The monoisotopic (exact) mass is 364 g/mol. The zero-order valence-electron chi connectivity index (χ0n) is 14.0. The van der Waals surface area contributed by atoms with Crippen LogP contribution in [0.2, 0.25) is 0 Å². The molecule has 1 N–H and O–H groups in total. The van der Waals surface area contributed by atoms with Gasteiger partial charge in [-0.2, -0.15) is 0 Å². The number of thioether (sulfide) groups is 1. The molecule has 130 valence electrons. The Bertz CT molecular complexity index is 1000. The number of para-hydroxylation sites is 3. The van der Waals surface area contributed by atoms with E-state index >= 15 is 0 Å². The molecule has 1 aliphatic rings. The van der Waals surface area contributed by atoms with E-state index in [9.17, 15) is 9.59 Å². The maximum atomic E-state index is 13.0. The quantitative estimate of drug-likeness (QED) is 0.571. The molecule has 3 aromatic rings. The van der Waals surface area contributed by atoms with Crippen molar-refractivity contribution in [2.75, 3.05) is 16.8 Å². The van der Waals surface area contributed by atoms with Crippen molar-refractivity contribution in [2.45, 2.75) is 17.2 Å². The smallest absolute Gasteiger partial charge is 0.244 e. The van der Waals surface area contributed by atoms with Crippen LogP contribution in [0.15, 0.2) is 59.9 Å². The molecule has 4 rings (SSSR count). The average Bonchev–Trinajstić information content (AvgIpc) is 2.67. The summed E-state index contributed by atoms with van der Waals surface area (Å²) in [6.07, 6.45) is 1.51. The standard InChI is InChI=1S/C19H16N4O2S/c1-12(26-18-13-6-2-3-7-14(13)20-11-21-18)19(25)23-10-17(24)22-15-8-4-5-9-16(15)23/h2-9,11-12H,10H2,1H3,(H,22,24)/t12-/m1/s1. The maximum absolute atomic E-state index is 13.0. The first-order chi connectivity index (χ1) is 12.6. The zero-order valence-corrected chi connectivity index (χ0v) is 14.9. The average molecular weight is 364 g/mol. The number of carbonyl (C=O) groups is 2. The van der Waals surface area contributed by atoms with E-state index in [2.05, 4.69) is 15.3 Å². The van der Waals surface area contributed by atoms with Crippen molar-refractivity contribution in [3.05, 3.63) is 54.9 Å². The molecule has 6 nitrogen and oxygen atoms in total. The second-order valence-electron chi connectivity index (χ2n) is 5.95. The van der Waals surface area contributed by atoms with Gasteiger partial charge in [-0.3, -0.25) is 14.5 Å². The molecule has 26 heavy (non-hydrogen) atoms. The highest BCUT2D eigenvalue weighted by atomic mass is 32.2. The highest BCUT2D eigenvalue weighted by molar-refractivity contribution is 8.00. The fourth-order valence-electron chi connectivity index (χ4n) is 2.94. The second kappa shape index (κ2) is 6.76. The summed E-state index contributed by atoms with van der Waals surface area (Å²) < 4.78 is 0. The molecular weight excluding hydrogens is 348 g/mol. The molecule has 2 amide bonds. The lowest BCUT2D eigenvalue weighted by Crippen LogP contribution is -2.45. The van der Waals surface area contributed by atoms with E-state index < -0.39 is 5.25 Å². The van der Waals surface area contributed by atoms with Crippen LogP contribution in [0.1, 0.15) is 6.92 Å². The van der Waals surface area contributed by atoms with Crippen molar-refractivity contribution in [2.24, 2.45) is 0 Å². The Morgan fingerprint density at radius 1 is 1.15 bits per heavy atom. The minimum Gasteiger partial charge on any atom is -0.323 e. The fourth-order valence-corrected chi connectivity index (χ4v) is 3.91. The lowest BCUT2D eigenvalue weighted by Gasteiger charge is -2.30. The summed E-state index contributed by atoms with van der Waals surface area (Å²) >= 11 is 1.38.